The number of hydrogen-bond acceptors (Lipinski definition) is 2. The van der Waals surface area contributed by atoms with Gasteiger partial charge in [-0.1, -0.05) is 43.3 Å². The Morgan fingerprint density at radius 1 is 1.32 bits per heavy atom. The summed E-state index contributed by atoms with van der Waals surface area (Å²) in [6, 6.07) is 10.3. The smallest absolute Gasteiger partial charge is 0.0838 e. The van der Waals surface area contributed by atoms with E-state index in [2.05, 4.69) is 25.6 Å². The van der Waals surface area contributed by atoms with Gasteiger partial charge in [0.2, 0.25) is 0 Å². The summed E-state index contributed by atoms with van der Waals surface area (Å²) in [4.78, 5) is 0. The number of hydrogen-bond donors (Lipinski definition) is 0. The molecule has 1 aliphatic rings. The average molecular weight is 260 g/mol. The molecule has 1 aromatic carbocycles. The van der Waals surface area contributed by atoms with Gasteiger partial charge >= 0.3 is 0 Å². The van der Waals surface area contributed by atoms with Crippen LogP contribution >= 0.6 is 0 Å². The molecule has 2 heteroatoms. The molecular weight excluding hydrogens is 236 g/mol. The molecule has 0 aliphatic carbocycles. The Morgan fingerprint density at radius 3 is 2.84 bits per heavy atom. The quantitative estimate of drug-likeness (QED) is 0.721. The van der Waals surface area contributed by atoms with Gasteiger partial charge in [-0.15, -0.1) is 6.58 Å². The van der Waals surface area contributed by atoms with E-state index in [1.165, 1.54) is 12.0 Å². The molecule has 0 N–H and O–H groups in total. The lowest BCUT2D eigenvalue weighted by Crippen LogP contribution is -2.36. The van der Waals surface area contributed by atoms with Crippen LogP contribution in [0.2, 0.25) is 0 Å². The first-order valence-electron chi connectivity index (χ1n) is 7.17. The molecule has 0 aromatic heterocycles. The standard InChI is InChI=1S/C17H24O2/c1-3-7-16-11-10-14(2)17(19-16)13-18-12-15-8-5-4-6-9-15/h3-6,8-9,14,16-17H,1,7,10-13H2,2H3/t14-,16-,17-/m0/s1. The van der Waals surface area contributed by atoms with Gasteiger partial charge in [-0.05, 0) is 30.7 Å². The molecule has 0 spiro atoms. The Balaban J connectivity index is 1.76. The largest absolute Gasteiger partial charge is 0.374 e. The van der Waals surface area contributed by atoms with Crippen LogP contribution in [0.25, 0.3) is 0 Å². The molecule has 104 valence electrons. The van der Waals surface area contributed by atoms with Crippen molar-refractivity contribution in [1.29, 1.82) is 0 Å². The predicted molar refractivity (Wildman–Crippen MR) is 78.0 cm³/mol. The first kappa shape index (κ1) is 14.3. The van der Waals surface area contributed by atoms with Gasteiger partial charge in [0, 0.05) is 0 Å². The van der Waals surface area contributed by atoms with E-state index < -0.39 is 0 Å². The SMILES string of the molecule is C=CC[C@H]1CC[C@H](C)[C@H](COCc2ccccc2)O1. The minimum Gasteiger partial charge on any atom is -0.374 e. The van der Waals surface area contributed by atoms with Crippen LogP contribution in [-0.2, 0) is 16.1 Å². The van der Waals surface area contributed by atoms with Gasteiger partial charge in [-0.25, -0.2) is 0 Å². The molecule has 1 heterocycles. The summed E-state index contributed by atoms with van der Waals surface area (Å²) >= 11 is 0. The fourth-order valence-corrected chi connectivity index (χ4v) is 2.51. The summed E-state index contributed by atoms with van der Waals surface area (Å²) in [5.41, 5.74) is 1.22. The Morgan fingerprint density at radius 2 is 2.11 bits per heavy atom. The van der Waals surface area contributed by atoms with Crippen molar-refractivity contribution in [3.05, 3.63) is 48.6 Å². The zero-order valence-electron chi connectivity index (χ0n) is 11.8. The molecule has 0 bridgehead atoms. The molecule has 1 aromatic rings. The third-order valence-corrected chi connectivity index (χ3v) is 3.77. The zero-order chi connectivity index (χ0) is 13.5. The van der Waals surface area contributed by atoms with Gasteiger partial charge in [0.1, 0.15) is 0 Å². The minimum absolute atomic E-state index is 0.224. The Labute approximate surface area is 116 Å². The Bertz CT molecular complexity index is 374. The predicted octanol–water partition coefficient (Wildman–Crippen LogP) is 3.96. The van der Waals surface area contributed by atoms with Crippen LogP contribution in [0.15, 0.2) is 43.0 Å². The van der Waals surface area contributed by atoms with Crippen molar-refractivity contribution >= 4 is 0 Å². The monoisotopic (exact) mass is 260 g/mol. The number of rotatable bonds is 6. The summed E-state index contributed by atoms with van der Waals surface area (Å²) in [6.45, 7) is 7.39. The van der Waals surface area contributed by atoms with Crippen LogP contribution in [0.1, 0.15) is 31.7 Å². The van der Waals surface area contributed by atoms with Crippen LogP contribution in [0.4, 0.5) is 0 Å². The van der Waals surface area contributed by atoms with E-state index in [4.69, 9.17) is 9.47 Å². The molecule has 2 nitrogen and oxygen atoms in total. The van der Waals surface area contributed by atoms with Crippen LogP contribution in [0.3, 0.4) is 0 Å². The fraction of sp³-hybridized carbons (Fsp3) is 0.529. The van der Waals surface area contributed by atoms with E-state index >= 15 is 0 Å². The van der Waals surface area contributed by atoms with Gasteiger partial charge in [0.05, 0.1) is 25.4 Å². The van der Waals surface area contributed by atoms with Crippen LogP contribution in [0, 0.1) is 5.92 Å². The second-order valence-corrected chi connectivity index (χ2v) is 5.38. The molecular formula is C17H24O2. The van der Waals surface area contributed by atoms with Crippen molar-refractivity contribution in [2.45, 2.75) is 45.0 Å². The van der Waals surface area contributed by atoms with E-state index in [0.29, 0.717) is 25.2 Å². The van der Waals surface area contributed by atoms with Crippen LogP contribution < -0.4 is 0 Å². The lowest BCUT2D eigenvalue weighted by molar-refractivity contribution is -0.112. The maximum absolute atomic E-state index is 6.08. The van der Waals surface area contributed by atoms with Crippen LogP contribution in [0.5, 0.6) is 0 Å². The maximum atomic E-state index is 6.08. The van der Waals surface area contributed by atoms with E-state index in [9.17, 15) is 0 Å². The van der Waals surface area contributed by atoms with Crippen molar-refractivity contribution in [2.24, 2.45) is 5.92 Å². The second kappa shape index (κ2) is 7.46. The summed E-state index contributed by atoms with van der Waals surface area (Å²) in [7, 11) is 0. The molecule has 19 heavy (non-hydrogen) atoms. The van der Waals surface area contributed by atoms with Gasteiger partial charge in [-0.2, -0.15) is 0 Å². The molecule has 0 amide bonds. The molecule has 0 radical (unpaired) electrons. The summed E-state index contributed by atoms with van der Waals surface area (Å²) in [5.74, 6) is 0.580. The van der Waals surface area contributed by atoms with Gasteiger partial charge < -0.3 is 9.47 Å². The third kappa shape index (κ3) is 4.48. The fourth-order valence-electron chi connectivity index (χ4n) is 2.51. The highest BCUT2D eigenvalue weighted by molar-refractivity contribution is 5.13. The Hall–Kier alpha value is -1.12. The number of ether oxygens (including phenoxy) is 2. The van der Waals surface area contributed by atoms with Gasteiger partial charge in [0.25, 0.3) is 0 Å². The highest BCUT2D eigenvalue weighted by Gasteiger charge is 2.27. The van der Waals surface area contributed by atoms with E-state index in [0.717, 1.165) is 12.8 Å². The number of benzene rings is 1. The molecule has 1 aliphatic heterocycles. The normalized spacial score (nSPS) is 27.1. The molecule has 2 rings (SSSR count). The van der Waals surface area contributed by atoms with Gasteiger partial charge in [0.15, 0.2) is 0 Å². The Kier molecular flexibility index (Phi) is 5.62. The third-order valence-electron chi connectivity index (χ3n) is 3.77. The first-order valence-corrected chi connectivity index (χ1v) is 7.17. The van der Waals surface area contributed by atoms with Crippen LogP contribution in [-0.4, -0.2) is 18.8 Å². The second-order valence-electron chi connectivity index (χ2n) is 5.38. The minimum atomic E-state index is 0.224. The van der Waals surface area contributed by atoms with Gasteiger partial charge in [-0.3, -0.25) is 0 Å². The summed E-state index contributed by atoms with van der Waals surface area (Å²) < 4.78 is 11.9. The van der Waals surface area contributed by atoms with E-state index in [-0.39, 0.29) is 6.10 Å². The molecule has 0 unspecified atom stereocenters. The first-order chi connectivity index (χ1) is 9.29. The van der Waals surface area contributed by atoms with Crippen molar-refractivity contribution in [1.82, 2.24) is 0 Å². The van der Waals surface area contributed by atoms with E-state index in [1.807, 2.05) is 24.3 Å². The molecule has 1 saturated heterocycles. The maximum Gasteiger partial charge on any atom is 0.0838 e. The lowest BCUT2D eigenvalue weighted by Gasteiger charge is -2.34. The molecule has 1 fully saturated rings. The highest BCUT2D eigenvalue weighted by Crippen LogP contribution is 2.26. The van der Waals surface area contributed by atoms with Crippen molar-refractivity contribution in [3.63, 3.8) is 0 Å². The average Bonchev–Trinajstić information content (AvgIpc) is 2.44. The molecule has 3 atom stereocenters. The highest BCUT2D eigenvalue weighted by atomic mass is 16.5. The topological polar surface area (TPSA) is 18.5 Å². The zero-order valence-corrected chi connectivity index (χ0v) is 11.8. The summed E-state index contributed by atoms with van der Waals surface area (Å²) in [6.07, 6.45) is 5.81. The van der Waals surface area contributed by atoms with E-state index in [1.54, 1.807) is 0 Å². The lowest BCUT2D eigenvalue weighted by atomic mass is 9.92. The summed E-state index contributed by atoms with van der Waals surface area (Å²) in [5, 5.41) is 0. The van der Waals surface area contributed by atoms with Crippen molar-refractivity contribution in [3.8, 4) is 0 Å². The molecule has 0 saturated carbocycles. The van der Waals surface area contributed by atoms with Crippen molar-refractivity contribution in [2.75, 3.05) is 6.61 Å². The van der Waals surface area contributed by atoms with Crippen molar-refractivity contribution < 1.29 is 9.47 Å².